The van der Waals surface area contributed by atoms with E-state index in [2.05, 4.69) is 0 Å². The molecule has 0 saturated carbocycles. The van der Waals surface area contributed by atoms with Gasteiger partial charge in [0.15, 0.2) is 5.78 Å². The van der Waals surface area contributed by atoms with Gasteiger partial charge in [-0.15, -0.1) is 0 Å². The fraction of sp³-hybridized carbons (Fsp3) is 0.250. The summed E-state index contributed by atoms with van der Waals surface area (Å²) in [6.45, 7) is 1.34. The number of fused-ring (bicyclic) bond motifs is 1. The second kappa shape index (κ2) is 9.29. The van der Waals surface area contributed by atoms with Crippen molar-refractivity contribution in [3.05, 3.63) is 80.8 Å². The number of imide groups is 1. The smallest absolute Gasteiger partial charge is 0.273 e. The summed E-state index contributed by atoms with van der Waals surface area (Å²) in [4.78, 5) is 53.1. The van der Waals surface area contributed by atoms with Crippen LogP contribution in [0.5, 0.6) is 0 Å². The normalized spacial score (nSPS) is 21.8. The quantitative estimate of drug-likeness (QED) is 0.322. The number of Topliss-reactive ketones (excluding diaryl/α,β-unsaturated/α-hetero) is 1. The summed E-state index contributed by atoms with van der Waals surface area (Å²) >= 11 is 17.9. The van der Waals surface area contributed by atoms with E-state index in [9.17, 15) is 19.2 Å². The van der Waals surface area contributed by atoms with Gasteiger partial charge in [0.2, 0.25) is 0 Å². The molecule has 1 saturated heterocycles. The number of benzene rings is 2. The van der Waals surface area contributed by atoms with Gasteiger partial charge >= 0.3 is 0 Å². The number of nitrogens with zero attached hydrogens (tertiary/aromatic N) is 2. The van der Waals surface area contributed by atoms with Gasteiger partial charge in [-0.05, 0) is 54.8 Å². The molecule has 6 nitrogen and oxygen atoms in total. The number of allylic oxidation sites excluding steroid dienone is 2. The lowest BCUT2D eigenvalue weighted by Gasteiger charge is -2.30. The third-order valence-corrected chi connectivity index (χ3v) is 6.94. The van der Waals surface area contributed by atoms with Crippen LogP contribution in [-0.2, 0) is 9.59 Å². The third-order valence-electron chi connectivity index (χ3n) is 5.95. The van der Waals surface area contributed by atoms with E-state index in [4.69, 9.17) is 34.8 Å². The van der Waals surface area contributed by atoms with Crippen molar-refractivity contribution >= 4 is 58.3 Å². The first-order valence-corrected chi connectivity index (χ1v) is 11.4. The number of carbonyl (C=O) groups is 4. The molecule has 2 aromatic carbocycles. The van der Waals surface area contributed by atoms with Crippen molar-refractivity contribution in [3.8, 4) is 0 Å². The van der Waals surface area contributed by atoms with Gasteiger partial charge in [0, 0.05) is 16.1 Å². The topological polar surface area (TPSA) is 74.8 Å². The Labute approximate surface area is 205 Å². The van der Waals surface area contributed by atoms with Crippen molar-refractivity contribution in [3.63, 3.8) is 0 Å². The molecule has 1 aliphatic carbocycles. The average Bonchev–Trinajstić information content (AvgIpc) is 3.05. The predicted molar refractivity (Wildman–Crippen MR) is 125 cm³/mol. The molecule has 3 amide bonds. The largest absolute Gasteiger partial charge is 0.292 e. The minimum Gasteiger partial charge on any atom is -0.292 e. The van der Waals surface area contributed by atoms with Gasteiger partial charge in [-0.25, -0.2) is 5.01 Å². The predicted octanol–water partition coefficient (Wildman–Crippen LogP) is 5.08. The number of carbonyl (C=O) groups excluding carboxylic acids is 4. The van der Waals surface area contributed by atoms with Crippen LogP contribution in [0.25, 0.3) is 0 Å². The zero-order valence-electron chi connectivity index (χ0n) is 17.5. The van der Waals surface area contributed by atoms with Gasteiger partial charge < -0.3 is 0 Å². The Kier molecular flexibility index (Phi) is 6.61. The molecule has 0 N–H and O–H groups in total. The van der Waals surface area contributed by atoms with Crippen LogP contribution in [0.15, 0.2) is 54.6 Å². The highest BCUT2D eigenvalue weighted by molar-refractivity contribution is 6.42. The molecule has 2 aromatic rings. The van der Waals surface area contributed by atoms with Gasteiger partial charge in [-0.3, -0.25) is 19.2 Å². The van der Waals surface area contributed by atoms with Crippen molar-refractivity contribution in [2.75, 3.05) is 6.54 Å². The summed E-state index contributed by atoms with van der Waals surface area (Å²) in [5, 5.41) is 2.57. The molecular formula is C24H19Cl3N2O4. The lowest BCUT2D eigenvalue weighted by Crippen LogP contribution is -2.52. The molecule has 0 aromatic heterocycles. The first kappa shape index (κ1) is 23.5. The molecule has 2 aliphatic rings. The van der Waals surface area contributed by atoms with Gasteiger partial charge in [0.1, 0.15) is 6.54 Å². The molecule has 1 aliphatic heterocycles. The van der Waals surface area contributed by atoms with Crippen LogP contribution < -0.4 is 0 Å². The van der Waals surface area contributed by atoms with Gasteiger partial charge in [0.25, 0.3) is 17.7 Å². The number of hydrogen-bond acceptors (Lipinski definition) is 4. The fourth-order valence-electron chi connectivity index (χ4n) is 4.24. The van der Waals surface area contributed by atoms with Crippen LogP contribution in [0.2, 0.25) is 15.1 Å². The maximum atomic E-state index is 13.5. The maximum absolute atomic E-state index is 13.5. The van der Waals surface area contributed by atoms with E-state index in [1.165, 1.54) is 30.3 Å². The zero-order valence-corrected chi connectivity index (χ0v) is 19.8. The molecule has 0 spiro atoms. The molecular weight excluding hydrogens is 487 g/mol. The Bertz CT molecular complexity index is 1180. The Balaban J connectivity index is 1.72. The molecule has 1 heterocycles. The van der Waals surface area contributed by atoms with Crippen molar-refractivity contribution < 1.29 is 19.2 Å². The van der Waals surface area contributed by atoms with Crippen molar-refractivity contribution in [1.82, 2.24) is 10.0 Å². The summed E-state index contributed by atoms with van der Waals surface area (Å²) in [7, 11) is 0. The van der Waals surface area contributed by atoms with Crippen LogP contribution in [0.1, 0.15) is 34.1 Å². The SMILES string of the molecule is C[C@@H]1C=CC[C@H]2C(=O)N(N(CC(=O)c3ccc(Cl)cc3)C(=O)c3ccc(Cl)c(Cl)c3)C(=O)[C@@H]12. The van der Waals surface area contributed by atoms with E-state index in [1.807, 2.05) is 19.1 Å². The molecule has 0 bridgehead atoms. The van der Waals surface area contributed by atoms with Crippen LogP contribution in [0, 0.1) is 17.8 Å². The van der Waals surface area contributed by atoms with Gasteiger partial charge in [0.05, 0.1) is 21.9 Å². The van der Waals surface area contributed by atoms with E-state index in [0.717, 1.165) is 10.0 Å². The Morgan fingerprint density at radius 2 is 1.64 bits per heavy atom. The van der Waals surface area contributed by atoms with Gasteiger partial charge in [-0.2, -0.15) is 5.01 Å². The molecule has 4 rings (SSSR count). The molecule has 1 fully saturated rings. The molecule has 0 unspecified atom stereocenters. The van der Waals surface area contributed by atoms with Crippen LogP contribution in [0.4, 0.5) is 0 Å². The summed E-state index contributed by atoms with van der Waals surface area (Å²) in [6.07, 6.45) is 4.15. The Morgan fingerprint density at radius 3 is 2.27 bits per heavy atom. The van der Waals surface area contributed by atoms with Crippen molar-refractivity contribution in [1.29, 1.82) is 0 Å². The van der Waals surface area contributed by atoms with E-state index in [1.54, 1.807) is 12.1 Å². The van der Waals surface area contributed by atoms with Crippen LogP contribution in [-0.4, -0.2) is 40.1 Å². The van der Waals surface area contributed by atoms with E-state index in [0.29, 0.717) is 11.4 Å². The second-order valence-electron chi connectivity index (χ2n) is 8.07. The summed E-state index contributed by atoms with van der Waals surface area (Å²) in [5.74, 6) is -3.50. The lowest BCUT2D eigenvalue weighted by molar-refractivity contribution is -0.154. The van der Waals surface area contributed by atoms with Gasteiger partial charge in [-0.1, -0.05) is 53.9 Å². The highest BCUT2D eigenvalue weighted by Gasteiger charge is 2.53. The number of ketones is 1. The van der Waals surface area contributed by atoms with E-state index >= 15 is 0 Å². The second-order valence-corrected chi connectivity index (χ2v) is 9.32. The first-order chi connectivity index (χ1) is 15.7. The first-order valence-electron chi connectivity index (χ1n) is 10.3. The number of halogens is 3. The number of hydrogen-bond donors (Lipinski definition) is 0. The monoisotopic (exact) mass is 504 g/mol. The fourth-order valence-corrected chi connectivity index (χ4v) is 4.67. The van der Waals surface area contributed by atoms with E-state index in [-0.39, 0.29) is 27.1 Å². The standard InChI is InChI=1S/C24H19Cl3N2O4/c1-13-3-2-4-17-21(13)24(33)29(23(17)32)28(12-20(30)14-5-8-16(25)9-6-14)22(31)15-7-10-18(26)19(27)11-15/h2-3,5-11,13,17,21H,4,12H2,1H3/t13-,17-,21+/m1/s1. The lowest BCUT2D eigenvalue weighted by atomic mass is 9.78. The minimum absolute atomic E-state index is 0.0925. The number of amides is 3. The van der Waals surface area contributed by atoms with Crippen LogP contribution in [0.3, 0.4) is 0 Å². The average molecular weight is 506 g/mol. The van der Waals surface area contributed by atoms with Crippen molar-refractivity contribution in [2.45, 2.75) is 13.3 Å². The highest BCUT2D eigenvalue weighted by Crippen LogP contribution is 2.39. The Hall–Kier alpha value is -2.67. The zero-order chi connectivity index (χ0) is 23.9. The molecule has 170 valence electrons. The minimum atomic E-state index is -0.711. The summed E-state index contributed by atoms with van der Waals surface area (Å²) in [6, 6.07) is 10.3. The maximum Gasteiger partial charge on any atom is 0.273 e. The molecule has 9 heteroatoms. The molecule has 0 radical (unpaired) electrons. The van der Waals surface area contributed by atoms with Crippen molar-refractivity contribution in [2.24, 2.45) is 17.8 Å². The molecule has 33 heavy (non-hydrogen) atoms. The highest BCUT2D eigenvalue weighted by atomic mass is 35.5. The summed E-state index contributed by atoms with van der Waals surface area (Å²) < 4.78 is 0. The summed E-state index contributed by atoms with van der Waals surface area (Å²) in [5.41, 5.74) is 0.382. The molecule has 3 atom stereocenters. The Morgan fingerprint density at radius 1 is 0.970 bits per heavy atom. The van der Waals surface area contributed by atoms with Crippen LogP contribution >= 0.6 is 34.8 Å². The third kappa shape index (κ3) is 4.43. The number of rotatable bonds is 5. The number of hydrazine groups is 1. The van der Waals surface area contributed by atoms with E-state index < -0.39 is 41.9 Å².